The lowest BCUT2D eigenvalue weighted by molar-refractivity contribution is -0.0304. The minimum atomic E-state index is 0.397. The first kappa shape index (κ1) is 16.0. The summed E-state index contributed by atoms with van der Waals surface area (Å²) in [5.41, 5.74) is 1.34. The summed E-state index contributed by atoms with van der Waals surface area (Å²) in [4.78, 5) is 2.53. The van der Waals surface area contributed by atoms with Gasteiger partial charge in [-0.3, -0.25) is 4.90 Å². The van der Waals surface area contributed by atoms with Crippen LogP contribution in [-0.4, -0.2) is 44.3 Å². The third-order valence-electron chi connectivity index (χ3n) is 4.04. The summed E-state index contributed by atoms with van der Waals surface area (Å²) in [6.07, 6.45) is 2.64. The Bertz CT molecular complexity index is 413. The molecule has 1 aliphatic heterocycles. The van der Waals surface area contributed by atoms with Crippen LogP contribution in [0, 0.1) is 0 Å². The fourth-order valence-corrected chi connectivity index (χ4v) is 3.32. The molecule has 1 aromatic carbocycles. The highest BCUT2D eigenvalue weighted by molar-refractivity contribution is 9.10. The van der Waals surface area contributed by atoms with Crippen molar-refractivity contribution in [2.24, 2.45) is 0 Å². The van der Waals surface area contributed by atoms with Gasteiger partial charge in [0.15, 0.2) is 0 Å². The molecule has 0 radical (unpaired) electrons. The van der Waals surface area contributed by atoms with Crippen LogP contribution < -0.4 is 5.32 Å². The monoisotopic (exact) mass is 340 g/mol. The molecule has 1 fully saturated rings. The Labute approximate surface area is 130 Å². The van der Waals surface area contributed by atoms with Gasteiger partial charge in [-0.15, -0.1) is 0 Å². The predicted octanol–water partition coefficient (Wildman–Crippen LogP) is 3.21. The smallest absolute Gasteiger partial charge is 0.0700 e. The first-order valence-corrected chi connectivity index (χ1v) is 8.29. The fourth-order valence-electron chi connectivity index (χ4n) is 2.76. The second-order valence-electron chi connectivity index (χ2n) is 5.35. The highest BCUT2D eigenvalue weighted by Crippen LogP contribution is 2.25. The Morgan fingerprint density at radius 2 is 2.25 bits per heavy atom. The number of nitrogens with one attached hydrogen (secondary N) is 1. The van der Waals surface area contributed by atoms with Crippen LogP contribution in [0.25, 0.3) is 0 Å². The van der Waals surface area contributed by atoms with E-state index < -0.39 is 0 Å². The van der Waals surface area contributed by atoms with Crippen molar-refractivity contribution in [3.05, 3.63) is 34.3 Å². The number of nitrogens with zero attached hydrogens (tertiary/aromatic N) is 1. The van der Waals surface area contributed by atoms with Crippen molar-refractivity contribution >= 4 is 15.9 Å². The Morgan fingerprint density at radius 3 is 2.95 bits per heavy atom. The van der Waals surface area contributed by atoms with E-state index in [0.717, 1.165) is 39.1 Å². The molecule has 3 nitrogen and oxygen atoms in total. The predicted molar refractivity (Wildman–Crippen MR) is 87.0 cm³/mol. The standard InChI is InChI=1S/C16H25BrN2O/c1-3-13-12-19(10-11-20-13)9-8-16(18-2)14-6-4-5-7-15(14)17/h4-7,13,16,18H,3,8-12H2,1-2H3. The number of hydrogen-bond acceptors (Lipinski definition) is 3. The summed E-state index contributed by atoms with van der Waals surface area (Å²) in [6, 6.07) is 8.87. The first-order chi connectivity index (χ1) is 9.74. The van der Waals surface area contributed by atoms with Gasteiger partial charge in [0.25, 0.3) is 0 Å². The Hall–Kier alpha value is -0.420. The molecule has 0 saturated carbocycles. The molecule has 0 amide bonds. The molecule has 112 valence electrons. The molecule has 0 aliphatic carbocycles. The van der Waals surface area contributed by atoms with Crippen molar-refractivity contribution in [1.29, 1.82) is 0 Å². The molecular weight excluding hydrogens is 316 g/mol. The van der Waals surface area contributed by atoms with Gasteiger partial charge in [0.2, 0.25) is 0 Å². The maximum atomic E-state index is 5.73. The number of benzene rings is 1. The Kier molecular flexibility index (Phi) is 6.49. The molecule has 0 spiro atoms. The van der Waals surface area contributed by atoms with Crippen molar-refractivity contribution in [2.75, 3.05) is 33.3 Å². The van der Waals surface area contributed by atoms with Crippen LogP contribution in [0.4, 0.5) is 0 Å². The SMILES string of the molecule is CCC1CN(CCC(NC)c2ccccc2Br)CCO1. The zero-order chi connectivity index (χ0) is 14.4. The zero-order valence-corrected chi connectivity index (χ0v) is 14.0. The van der Waals surface area contributed by atoms with Crippen molar-refractivity contribution < 1.29 is 4.74 Å². The third-order valence-corrected chi connectivity index (χ3v) is 4.76. The first-order valence-electron chi connectivity index (χ1n) is 7.50. The molecule has 20 heavy (non-hydrogen) atoms. The van der Waals surface area contributed by atoms with Gasteiger partial charge in [0.05, 0.1) is 12.7 Å². The van der Waals surface area contributed by atoms with Crippen LogP contribution in [0.3, 0.4) is 0 Å². The minimum Gasteiger partial charge on any atom is -0.376 e. The van der Waals surface area contributed by atoms with Crippen LogP contribution in [0.1, 0.15) is 31.4 Å². The Morgan fingerprint density at radius 1 is 1.45 bits per heavy atom. The number of halogens is 1. The summed E-state index contributed by atoms with van der Waals surface area (Å²) in [6.45, 7) is 6.32. The normalized spacial score (nSPS) is 21.9. The van der Waals surface area contributed by atoms with E-state index in [1.165, 1.54) is 10.0 Å². The fraction of sp³-hybridized carbons (Fsp3) is 0.625. The molecule has 1 heterocycles. The number of rotatable bonds is 6. The van der Waals surface area contributed by atoms with E-state index in [9.17, 15) is 0 Å². The second kappa shape index (κ2) is 8.13. The minimum absolute atomic E-state index is 0.397. The highest BCUT2D eigenvalue weighted by Gasteiger charge is 2.20. The molecule has 0 aromatic heterocycles. The van der Waals surface area contributed by atoms with Gasteiger partial charge in [-0.05, 0) is 31.5 Å². The van der Waals surface area contributed by atoms with Gasteiger partial charge in [-0.1, -0.05) is 41.1 Å². The van der Waals surface area contributed by atoms with E-state index >= 15 is 0 Å². The molecule has 0 bridgehead atoms. The average molecular weight is 341 g/mol. The summed E-state index contributed by atoms with van der Waals surface area (Å²) in [5.74, 6) is 0. The molecule has 2 rings (SSSR count). The zero-order valence-electron chi connectivity index (χ0n) is 12.4. The van der Waals surface area contributed by atoms with Gasteiger partial charge in [-0.25, -0.2) is 0 Å². The van der Waals surface area contributed by atoms with E-state index in [2.05, 4.69) is 57.3 Å². The molecule has 4 heteroatoms. The topological polar surface area (TPSA) is 24.5 Å². The van der Waals surface area contributed by atoms with E-state index in [0.29, 0.717) is 12.1 Å². The molecule has 1 saturated heterocycles. The lowest BCUT2D eigenvalue weighted by Gasteiger charge is -2.33. The second-order valence-corrected chi connectivity index (χ2v) is 6.21. The number of hydrogen-bond donors (Lipinski definition) is 1. The van der Waals surface area contributed by atoms with Gasteiger partial charge in [0.1, 0.15) is 0 Å². The quantitative estimate of drug-likeness (QED) is 0.860. The van der Waals surface area contributed by atoms with Crippen LogP contribution in [0.15, 0.2) is 28.7 Å². The van der Waals surface area contributed by atoms with Crippen molar-refractivity contribution in [3.63, 3.8) is 0 Å². The van der Waals surface area contributed by atoms with Gasteiger partial charge < -0.3 is 10.1 Å². The summed E-state index contributed by atoms with van der Waals surface area (Å²) in [5, 5.41) is 3.44. The van der Waals surface area contributed by atoms with E-state index in [1.54, 1.807) is 0 Å². The van der Waals surface area contributed by atoms with E-state index in [1.807, 2.05) is 7.05 Å². The summed E-state index contributed by atoms with van der Waals surface area (Å²) < 4.78 is 6.92. The van der Waals surface area contributed by atoms with Gasteiger partial charge in [-0.2, -0.15) is 0 Å². The largest absolute Gasteiger partial charge is 0.376 e. The van der Waals surface area contributed by atoms with Crippen molar-refractivity contribution in [3.8, 4) is 0 Å². The van der Waals surface area contributed by atoms with E-state index in [4.69, 9.17) is 4.74 Å². The molecule has 1 N–H and O–H groups in total. The third kappa shape index (κ3) is 4.29. The number of ether oxygens (including phenoxy) is 1. The lowest BCUT2D eigenvalue weighted by Crippen LogP contribution is -2.43. The Balaban J connectivity index is 1.89. The van der Waals surface area contributed by atoms with Crippen molar-refractivity contribution in [2.45, 2.75) is 31.9 Å². The van der Waals surface area contributed by atoms with Crippen LogP contribution in [0.5, 0.6) is 0 Å². The highest BCUT2D eigenvalue weighted by atomic mass is 79.9. The molecule has 1 aromatic rings. The maximum Gasteiger partial charge on any atom is 0.0700 e. The van der Waals surface area contributed by atoms with Gasteiger partial charge >= 0.3 is 0 Å². The average Bonchev–Trinajstić information content (AvgIpc) is 2.49. The maximum absolute atomic E-state index is 5.73. The molecule has 2 unspecified atom stereocenters. The van der Waals surface area contributed by atoms with Crippen LogP contribution >= 0.6 is 15.9 Å². The summed E-state index contributed by atoms with van der Waals surface area (Å²) in [7, 11) is 2.04. The van der Waals surface area contributed by atoms with E-state index in [-0.39, 0.29) is 0 Å². The summed E-state index contributed by atoms with van der Waals surface area (Å²) >= 11 is 3.65. The number of morpholine rings is 1. The molecular formula is C16H25BrN2O. The van der Waals surface area contributed by atoms with Gasteiger partial charge in [0, 0.05) is 30.1 Å². The molecule has 1 aliphatic rings. The van der Waals surface area contributed by atoms with Crippen LogP contribution in [-0.2, 0) is 4.74 Å². The van der Waals surface area contributed by atoms with Crippen molar-refractivity contribution in [1.82, 2.24) is 10.2 Å². The lowest BCUT2D eigenvalue weighted by atomic mass is 10.0. The molecule has 2 atom stereocenters. The van der Waals surface area contributed by atoms with Crippen LogP contribution in [0.2, 0.25) is 0 Å².